The van der Waals surface area contributed by atoms with Gasteiger partial charge in [0.15, 0.2) is 24.8 Å². The first kappa shape index (κ1) is 59.8. The molecule has 0 bridgehead atoms. The lowest BCUT2D eigenvalue weighted by atomic mass is 9.77. The summed E-state index contributed by atoms with van der Waals surface area (Å²) in [5.74, 6) is -4.72. The Bertz CT molecular complexity index is 1600. The zero-order valence-corrected chi connectivity index (χ0v) is 44.5. The highest BCUT2D eigenvalue weighted by Gasteiger charge is 2.55. The number of methoxy groups -OCH3 is 2. The maximum absolute atomic E-state index is 14.7. The Morgan fingerprint density at radius 3 is 2.03 bits per heavy atom. The molecule has 0 spiro atoms. The van der Waals surface area contributed by atoms with E-state index in [2.05, 4.69) is 22.0 Å². The number of cyclic esters (lactones) is 1. The molecule has 0 aromatic rings. The minimum atomic E-state index is -1.99. The zero-order valence-electron chi connectivity index (χ0n) is 44.5. The van der Waals surface area contributed by atoms with E-state index in [1.54, 1.807) is 34.6 Å². The number of aliphatic hydroxyl groups is 2. The van der Waals surface area contributed by atoms with Crippen LogP contribution in [-0.4, -0.2) is 182 Å². The van der Waals surface area contributed by atoms with Crippen LogP contribution in [-0.2, 0) is 61.8 Å². The van der Waals surface area contributed by atoms with Crippen LogP contribution >= 0.6 is 0 Å². The highest BCUT2D eigenvalue weighted by atomic mass is 16.7. The molecule has 3 N–H and O–H groups in total. The average Bonchev–Trinajstić information content (AvgIpc) is 3.28. The van der Waals surface area contributed by atoms with E-state index in [-0.39, 0.29) is 43.8 Å². The van der Waals surface area contributed by atoms with E-state index < -0.39 is 114 Å². The van der Waals surface area contributed by atoms with Crippen molar-refractivity contribution in [1.29, 1.82) is 0 Å². The van der Waals surface area contributed by atoms with Crippen LogP contribution in [0.15, 0.2) is 0 Å². The van der Waals surface area contributed by atoms with Crippen LogP contribution in [0.1, 0.15) is 142 Å². The van der Waals surface area contributed by atoms with Crippen molar-refractivity contribution < 1.29 is 72.0 Å². The molecule has 3 saturated heterocycles. The summed E-state index contributed by atoms with van der Waals surface area (Å²) >= 11 is 0. The number of carbonyl (C=O) groups is 4. The molecule has 18 heteroatoms. The lowest BCUT2D eigenvalue weighted by Gasteiger charge is -2.50. The van der Waals surface area contributed by atoms with Crippen LogP contribution < -0.4 is 5.32 Å². The SMILES string of the molecule is CCCCN(C)[C@H]1C[C@@H](C)O[C@@H](O[C@@H]2[C@@H](C)[C@H](O[C@H]3C[C@@](C)(OC)[C@@H](OC(=O)CCN(CC)CC)[C@H](C)O3)[C@@H](C)C(=O)O[C@H](CC)[C@@](C)(O)[C@H](O)[C@@H](C)NC(=O)[C@H](C)C[C@@]2(C)OC)[C@@H]1OC(C)=O. The number of rotatable bonds is 18. The lowest BCUT2D eigenvalue weighted by Crippen LogP contribution is -2.62. The zero-order chi connectivity index (χ0) is 51.5. The number of hydrogen-bond donors (Lipinski definition) is 3. The van der Waals surface area contributed by atoms with Gasteiger partial charge in [0.25, 0.3) is 0 Å². The third kappa shape index (κ3) is 15.0. The van der Waals surface area contributed by atoms with Crippen LogP contribution in [0, 0.1) is 17.8 Å². The third-order valence-electron chi connectivity index (χ3n) is 14.9. The number of carbonyl (C=O) groups excluding carboxylic acids is 4. The summed E-state index contributed by atoms with van der Waals surface area (Å²) in [5, 5.41) is 26.2. The van der Waals surface area contributed by atoms with Crippen molar-refractivity contribution in [2.24, 2.45) is 17.8 Å². The number of esters is 3. The van der Waals surface area contributed by atoms with Gasteiger partial charge in [-0.1, -0.05) is 48.0 Å². The van der Waals surface area contributed by atoms with Crippen LogP contribution in [0.2, 0.25) is 0 Å². The fourth-order valence-electron chi connectivity index (χ4n) is 10.4. The number of unbranched alkanes of at least 4 members (excludes halogenated alkanes) is 1. The summed E-state index contributed by atoms with van der Waals surface area (Å²) in [7, 11) is 5.04. The van der Waals surface area contributed by atoms with Crippen LogP contribution in [0.4, 0.5) is 0 Å². The van der Waals surface area contributed by atoms with E-state index in [0.717, 1.165) is 32.5 Å². The molecule has 0 radical (unpaired) electrons. The molecule has 0 aromatic heterocycles. The second-order valence-electron chi connectivity index (χ2n) is 20.4. The minimum Gasteiger partial charge on any atom is -0.459 e. The maximum Gasteiger partial charge on any atom is 0.311 e. The number of likely N-dealkylation sites (N-methyl/N-ethyl adjacent to an activating group) is 1. The smallest absolute Gasteiger partial charge is 0.311 e. The quantitative estimate of drug-likeness (QED) is 0.125. The summed E-state index contributed by atoms with van der Waals surface area (Å²) in [4.78, 5) is 59.2. The van der Waals surface area contributed by atoms with Crippen molar-refractivity contribution >= 4 is 23.8 Å². The van der Waals surface area contributed by atoms with Crippen molar-refractivity contribution in [3.05, 3.63) is 0 Å². The Kier molecular flexibility index (Phi) is 23.1. The standard InChI is InChI=1S/C50H91N3O15/c1-18-22-24-52(15)36-26-30(6)62-47(41(36)64-35(11)54)68-43-31(7)40(67-39-28-49(13,61-17)44(34(10)63-39)66-38(55)23-25-53(20-3)21-4)32(8)46(58)65-37(19-2)50(14,59)42(56)33(9)51-45(57)29(5)27-48(43,12)60-16/h29-34,36-37,39-44,47,56,59H,18-28H2,1-17H3,(H,51,57)/t29-,30-,31+,32-,33-,34+,36+,37-,39+,40+,41-,42-,43-,44+,47+,48-,49-,50-/m1/s1. The van der Waals surface area contributed by atoms with Gasteiger partial charge in [0.05, 0.1) is 54.4 Å². The van der Waals surface area contributed by atoms with Gasteiger partial charge >= 0.3 is 17.9 Å². The predicted octanol–water partition coefficient (Wildman–Crippen LogP) is 4.76. The van der Waals surface area contributed by atoms with E-state index >= 15 is 0 Å². The van der Waals surface area contributed by atoms with Crippen molar-refractivity contribution in [3.8, 4) is 0 Å². The van der Waals surface area contributed by atoms with Gasteiger partial charge in [-0.2, -0.15) is 0 Å². The molecule has 18 atom stereocenters. The maximum atomic E-state index is 14.7. The second kappa shape index (κ2) is 26.3. The molecule has 3 aliphatic heterocycles. The topological polar surface area (TPSA) is 210 Å². The molecule has 0 aliphatic carbocycles. The fourth-order valence-corrected chi connectivity index (χ4v) is 10.4. The van der Waals surface area contributed by atoms with E-state index in [1.807, 2.05) is 48.6 Å². The molecule has 1 amide bonds. The summed E-state index contributed by atoms with van der Waals surface area (Å²) in [6, 6.07) is -1.24. The highest BCUT2D eigenvalue weighted by Crippen LogP contribution is 2.42. The van der Waals surface area contributed by atoms with Crippen molar-refractivity contribution in [3.63, 3.8) is 0 Å². The Morgan fingerprint density at radius 2 is 1.47 bits per heavy atom. The Hall–Kier alpha value is -2.52. The molecule has 0 aromatic carbocycles. The number of hydrogen-bond acceptors (Lipinski definition) is 17. The number of amides is 1. The molecular formula is C50H91N3O15. The Balaban J connectivity index is 2.24. The number of nitrogens with zero attached hydrogens (tertiary/aromatic N) is 2. The van der Waals surface area contributed by atoms with Gasteiger partial charge in [0, 0.05) is 45.9 Å². The molecule has 3 aliphatic rings. The van der Waals surface area contributed by atoms with Gasteiger partial charge in [-0.15, -0.1) is 0 Å². The molecule has 68 heavy (non-hydrogen) atoms. The Morgan fingerprint density at radius 1 is 0.853 bits per heavy atom. The summed E-state index contributed by atoms with van der Waals surface area (Å²) in [5.41, 5.74) is -4.42. The lowest BCUT2D eigenvalue weighted by molar-refractivity contribution is -0.321. The van der Waals surface area contributed by atoms with Gasteiger partial charge < -0.3 is 63.1 Å². The van der Waals surface area contributed by atoms with E-state index in [0.29, 0.717) is 13.0 Å². The molecule has 3 heterocycles. The first-order chi connectivity index (χ1) is 31.8. The molecule has 0 unspecified atom stereocenters. The van der Waals surface area contributed by atoms with Gasteiger partial charge in [-0.3, -0.25) is 24.1 Å². The fraction of sp³-hybridized carbons (Fsp3) is 0.920. The first-order valence-electron chi connectivity index (χ1n) is 25.2. The number of aliphatic hydroxyl groups excluding tert-OH is 1. The van der Waals surface area contributed by atoms with Gasteiger partial charge in [-0.05, 0) is 101 Å². The number of nitrogens with one attached hydrogen (secondary N) is 1. The van der Waals surface area contributed by atoms with Crippen LogP contribution in [0.25, 0.3) is 0 Å². The summed E-state index contributed by atoms with van der Waals surface area (Å²) in [6.45, 7) is 27.7. The summed E-state index contributed by atoms with van der Waals surface area (Å²) in [6.07, 6.45) is -6.92. The van der Waals surface area contributed by atoms with Crippen molar-refractivity contribution in [2.45, 2.75) is 232 Å². The molecule has 396 valence electrons. The monoisotopic (exact) mass is 974 g/mol. The van der Waals surface area contributed by atoms with Gasteiger partial charge in [0.2, 0.25) is 5.91 Å². The van der Waals surface area contributed by atoms with Crippen molar-refractivity contribution in [2.75, 3.05) is 47.4 Å². The minimum absolute atomic E-state index is 0.0625. The molecule has 3 rings (SSSR count). The van der Waals surface area contributed by atoms with E-state index in [1.165, 1.54) is 28.1 Å². The average molecular weight is 974 g/mol. The molecule has 18 nitrogen and oxygen atoms in total. The van der Waals surface area contributed by atoms with Crippen LogP contribution in [0.5, 0.6) is 0 Å². The molecule has 3 fully saturated rings. The van der Waals surface area contributed by atoms with Crippen molar-refractivity contribution in [1.82, 2.24) is 15.1 Å². The van der Waals surface area contributed by atoms with Gasteiger partial charge in [-0.25, -0.2) is 0 Å². The van der Waals surface area contributed by atoms with Gasteiger partial charge in [0.1, 0.15) is 23.4 Å². The second-order valence-corrected chi connectivity index (χ2v) is 20.4. The van der Waals surface area contributed by atoms with E-state index in [4.69, 9.17) is 42.6 Å². The van der Waals surface area contributed by atoms with E-state index in [9.17, 15) is 29.4 Å². The molecule has 0 saturated carbocycles. The van der Waals surface area contributed by atoms with Crippen LogP contribution in [0.3, 0.4) is 0 Å². The first-order valence-corrected chi connectivity index (χ1v) is 25.2. The third-order valence-corrected chi connectivity index (χ3v) is 14.9. The highest BCUT2D eigenvalue weighted by molar-refractivity contribution is 5.78. The largest absolute Gasteiger partial charge is 0.459 e. The predicted molar refractivity (Wildman–Crippen MR) is 254 cm³/mol. The molecular weight excluding hydrogens is 883 g/mol. The summed E-state index contributed by atoms with van der Waals surface area (Å²) < 4.78 is 58.1. The number of ether oxygens (including phenoxy) is 9. The normalized spacial score (nSPS) is 40.2. The Labute approximate surface area is 407 Å².